The molecule has 0 atom stereocenters. The summed E-state index contributed by atoms with van der Waals surface area (Å²) in [4.78, 5) is 11.8. The Morgan fingerprint density at radius 2 is 2.05 bits per heavy atom. The molecule has 0 aliphatic rings. The van der Waals surface area contributed by atoms with Crippen LogP contribution in [0.4, 0.5) is 13.2 Å². The van der Waals surface area contributed by atoms with E-state index in [1.165, 1.54) is 0 Å². The van der Waals surface area contributed by atoms with E-state index in [1.807, 2.05) is 0 Å². The zero-order valence-corrected chi connectivity index (χ0v) is 11.3. The van der Waals surface area contributed by atoms with Gasteiger partial charge in [0.15, 0.2) is 0 Å². The molecule has 0 aliphatic heterocycles. The van der Waals surface area contributed by atoms with E-state index in [4.69, 9.17) is 16.1 Å². The Labute approximate surface area is 116 Å². The number of hydrogen-bond donors (Lipinski definition) is 0. The zero-order chi connectivity index (χ0) is 15.1. The Bertz CT molecular complexity index is 684. The lowest BCUT2D eigenvalue weighted by molar-refractivity contribution is -0.138. The number of aryl methyl sites for hydroxylation is 2. The van der Waals surface area contributed by atoms with E-state index in [9.17, 15) is 18.0 Å². The molecular weight excluding hydrogens is 297 g/mol. The van der Waals surface area contributed by atoms with Gasteiger partial charge in [-0.1, -0.05) is 16.8 Å². The van der Waals surface area contributed by atoms with Crippen molar-refractivity contribution in [2.45, 2.75) is 26.6 Å². The molecule has 0 N–H and O–H groups in total. The van der Waals surface area contributed by atoms with Gasteiger partial charge >= 0.3 is 6.18 Å². The molecule has 2 aromatic rings. The van der Waals surface area contributed by atoms with Crippen LogP contribution in [0.3, 0.4) is 0 Å². The summed E-state index contributed by atoms with van der Waals surface area (Å²) in [5, 5.41) is 3.21. The van der Waals surface area contributed by atoms with Gasteiger partial charge in [0.25, 0.3) is 5.56 Å². The fourth-order valence-electron chi connectivity index (χ4n) is 1.77. The minimum Gasteiger partial charge on any atom is -0.361 e. The van der Waals surface area contributed by atoms with Crippen LogP contribution in [0, 0.1) is 13.8 Å². The summed E-state index contributed by atoms with van der Waals surface area (Å²) in [7, 11) is 0. The molecule has 0 saturated carbocycles. The van der Waals surface area contributed by atoms with Crippen molar-refractivity contribution in [3.05, 3.63) is 50.2 Å². The van der Waals surface area contributed by atoms with Crippen LogP contribution in [0.2, 0.25) is 5.02 Å². The van der Waals surface area contributed by atoms with Gasteiger partial charge in [0.1, 0.15) is 10.8 Å². The first kappa shape index (κ1) is 14.6. The molecule has 0 aliphatic carbocycles. The van der Waals surface area contributed by atoms with E-state index in [-0.39, 0.29) is 6.54 Å². The molecule has 0 saturated heterocycles. The van der Waals surface area contributed by atoms with E-state index in [1.54, 1.807) is 13.8 Å². The van der Waals surface area contributed by atoms with Gasteiger partial charge in [-0.15, -0.1) is 0 Å². The molecule has 0 amide bonds. The first-order chi connectivity index (χ1) is 9.20. The van der Waals surface area contributed by atoms with Gasteiger partial charge in [-0.3, -0.25) is 4.79 Å². The van der Waals surface area contributed by atoms with Crippen molar-refractivity contribution < 1.29 is 17.7 Å². The molecule has 0 aromatic carbocycles. The lowest BCUT2D eigenvalue weighted by Gasteiger charge is -2.11. The van der Waals surface area contributed by atoms with Crippen LogP contribution in [0.25, 0.3) is 0 Å². The molecule has 20 heavy (non-hydrogen) atoms. The largest absolute Gasteiger partial charge is 0.417 e. The van der Waals surface area contributed by atoms with Gasteiger partial charge in [0.05, 0.1) is 17.8 Å². The normalized spacial score (nSPS) is 11.9. The molecule has 8 heteroatoms. The average molecular weight is 307 g/mol. The summed E-state index contributed by atoms with van der Waals surface area (Å²) in [5.41, 5.74) is -0.598. The minimum absolute atomic E-state index is 0.0797. The number of rotatable bonds is 2. The van der Waals surface area contributed by atoms with Crippen LogP contribution in [0.5, 0.6) is 0 Å². The summed E-state index contributed by atoms with van der Waals surface area (Å²) in [6.45, 7) is 3.19. The maximum atomic E-state index is 12.7. The fourth-order valence-corrected chi connectivity index (χ4v) is 2.00. The van der Waals surface area contributed by atoms with E-state index in [0.29, 0.717) is 23.1 Å². The third-order valence-electron chi connectivity index (χ3n) is 2.88. The summed E-state index contributed by atoms with van der Waals surface area (Å²) in [6, 6.07) is 0.619. The minimum atomic E-state index is -4.57. The van der Waals surface area contributed by atoms with Crippen molar-refractivity contribution in [2.24, 2.45) is 0 Å². The van der Waals surface area contributed by atoms with Gasteiger partial charge in [0, 0.05) is 11.8 Å². The summed E-state index contributed by atoms with van der Waals surface area (Å²) in [5.74, 6) is 0.447. The molecular formula is C12H10ClF3N2O2. The number of pyridine rings is 1. The number of aromatic nitrogens is 2. The van der Waals surface area contributed by atoms with Gasteiger partial charge in [-0.2, -0.15) is 13.2 Å². The molecule has 108 valence electrons. The standard InChI is InChI=1S/C12H10ClF3N2O2/c1-6-9(7(2)20-17-6)5-18-4-8(12(14,15)16)3-10(13)11(18)19/h3-4H,5H2,1-2H3. The lowest BCUT2D eigenvalue weighted by Crippen LogP contribution is -2.23. The average Bonchev–Trinajstić information content (AvgIpc) is 2.65. The second-order valence-corrected chi connectivity index (χ2v) is 4.72. The maximum absolute atomic E-state index is 12.7. The van der Waals surface area contributed by atoms with E-state index < -0.39 is 22.3 Å². The highest BCUT2D eigenvalue weighted by Crippen LogP contribution is 2.29. The quantitative estimate of drug-likeness (QED) is 0.856. The third-order valence-corrected chi connectivity index (χ3v) is 3.15. The van der Waals surface area contributed by atoms with Crippen molar-refractivity contribution in [1.82, 2.24) is 9.72 Å². The Balaban J connectivity index is 2.52. The van der Waals surface area contributed by atoms with Gasteiger partial charge in [0.2, 0.25) is 0 Å². The van der Waals surface area contributed by atoms with Crippen LogP contribution in [-0.4, -0.2) is 9.72 Å². The fraction of sp³-hybridized carbons (Fsp3) is 0.333. The number of nitrogens with zero attached hydrogens (tertiary/aromatic N) is 2. The van der Waals surface area contributed by atoms with Crippen molar-refractivity contribution >= 4 is 11.6 Å². The highest BCUT2D eigenvalue weighted by Gasteiger charge is 2.32. The summed E-state index contributed by atoms with van der Waals surface area (Å²) >= 11 is 5.57. The molecule has 0 radical (unpaired) electrons. The summed E-state index contributed by atoms with van der Waals surface area (Å²) in [6.07, 6.45) is -3.84. The smallest absolute Gasteiger partial charge is 0.361 e. The van der Waals surface area contributed by atoms with Gasteiger partial charge < -0.3 is 9.09 Å². The van der Waals surface area contributed by atoms with E-state index >= 15 is 0 Å². The number of halogens is 4. The van der Waals surface area contributed by atoms with Gasteiger partial charge in [-0.05, 0) is 19.9 Å². The number of hydrogen-bond acceptors (Lipinski definition) is 3. The highest BCUT2D eigenvalue weighted by molar-refractivity contribution is 6.30. The predicted molar refractivity (Wildman–Crippen MR) is 65.8 cm³/mol. The number of alkyl halides is 3. The molecule has 0 unspecified atom stereocenters. The van der Waals surface area contributed by atoms with Crippen molar-refractivity contribution in [3.63, 3.8) is 0 Å². The molecule has 2 rings (SSSR count). The molecule has 0 bridgehead atoms. The topological polar surface area (TPSA) is 48.0 Å². The molecule has 2 aromatic heterocycles. The lowest BCUT2D eigenvalue weighted by atomic mass is 10.2. The van der Waals surface area contributed by atoms with Crippen molar-refractivity contribution in [3.8, 4) is 0 Å². The Morgan fingerprint density at radius 3 is 2.55 bits per heavy atom. The van der Waals surface area contributed by atoms with Crippen LogP contribution in [0.15, 0.2) is 21.6 Å². The second kappa shape index (κ2) is 4.97. The maximum Gasteiger partial charge on any atom is 0.417 e. The van der Waals surface area contributed by atoms with Crippen LogP contribution in [0.1, 0.15) is 22.6 Å². The SMILES string of the molecule is Cc1noc(C)c1Cn1cc(C(F)(F)F)cc(Cl)c1=O. The van der Waals surface area contributed by atoms with Gasteiger partial charge in [-0.25, -0.2) is 0 Å². The predicted octanol–water partition coefficient (Wildman–Crippen LogP) is 3.17. The van der Waals surface area contributed by atoms with Crippen molar-refractivity contribution in [2.75, 3.05) is 0 Å². The third kappa shape index (κ3) is 2.72. The molecule has 0 spiro atoms. The molecule has 4 nitrogen and oxygen atoms in total. The van der Waals surface area contributed by atoms with E-state index in [0.717, 1.165) is 10.8 Å². The first-order valence-electron chi connectivity index (χ1n) is 5.59. The van der Waals surface area contributed by atoms with Crippen LogP contribution in [-0.2, 0) is 12.7 Å². The monoisotopic (exact) mass is 306 g/mol. The Morgan fingerprint density at radius 1 is 1.40 bits per heavy atom. The second-order valence-electron chi connectivity index (χ2n) is 4.31. The van der Waals surface area contributed by atoms with Crippen LogP contribution >= 0.6 is 11.6 Å². The van der Waals surface area contributed by atoms with Crippen LogP contribution < -0.4 is 5.56 Å². The highest BCUT2D eigenvalue weighted by atomic mass is 35.5. The zero-order valence-electron chi connectivity index (χ0n) is 10.6. The summed E-state index contributed by atoms with van der Waals surface area (Å²) < 4.78 is 44.0. The van der Waals surface area contributed by atoms with E-state index in [2.05, 4.69) is 5.16 Å². The first-order valence-corrected chi connectivity index (χ1v) is 5.97. The molecule has 0 fully saturated rings. The van der Waals surface area contributed by atoms with Crippen molar-refractivity contribution in [1.29, 1.82) is 0 Å². The Hall–Kier alpha value is -1.76. The molecule has 2 heterocycles. The Kier molecular flexibility index (Phi) is 3.64.